The zero-order valence-electron chi connectivity index (χ0n) is 17.6. The summed E-state index contributed by atoms with van der Waals surface area (Å²) >= 11 is 0. The van der Waals surface area contributed by atoms with Crippen molar-refractivity contribution in [2.45, 2.75) is 56.3 Å². The van der Waals surface area contributed by atoms with Crippen molar-refractivity contribution in [3.63, 3.8) is 0 Å². The number of aliphatic carboxylic acids is 4. The third-order valence-electron chi connectivity index (χ3n) is 4.05. The number of nitrogens with two attached hydrogens (primary N) is 2. The van der Waals surface area contributed by atoms with E-state index in [-0.39, 0.29) is 0 Å². The molecule has 0 radical (unpaired) electrons. The fourth-order valence-corrected chi connectivity index (χ4v) is 2.42. The standard InChI is InChI=1S/C17H25N5O12/c18-6(3-11(24)25)14(30)20-7(1-2-10(19)23)15(31)21-8(4-12(26)27)16(32)22-9(17(33)34)5-13(28)29/h6-9H,1-5,18H2,(H2,19,23)(H,20,30)(H,21,31)(H,22,32)(H,24,25)(H,26,27)(H,28,29)(H,33,34). The summed E-state index contributed by atoms with van der Waals surface area (Å²) in [4.78, 5) is 91.8. The molecule has 17 heteroatoms. The van der Waals surface area contributed by atoms with E-state index in [1.807, 2.05) is 5.32 Å². The first-order chi connectivity index (χ1) is 15.6. The molecule has 0 spiro atoms. The Balaban J connectivity index is 5.62. The number of carbonyl (C=O) groups excluding carboxylic acids is 4. The Hall–Kier alpha value is -4.28. The second-order valence-electron chi connectivity index (χ2n) is 6.93. The summed E-state index contributed by atoms with van der Waals surface area (Å²) in [5, 5.41) is 41.3. The Morgan fingerprint density at radius 3 is 1.47 bits per heavy atom. The smallest absolute Gasteiger partial charge is 0.326 e. The molecule has 0 saturated heterocycles. The predicted molar refractivity (Wildman–Crippen MR) is 107 cm³/mol. The van der Waals surface area contributed by atoms with Crippen LogP contribution < -0.4 is 27.4 Å². The van der Waals surface area contributed by atoms with Gasteiger partial charge in [-0.15, -0.1) is 0 Å². The average molecular weight is 491 g/mol. The van der Waals surface area contributed by atoms with E-state index < -0.39 is 104 Å². The van der Waals surface area contributed by atoms with Gasteiger partial charge in [-0.3, -0.25) is 33.6 Å². The monoisotopic (exact) mass is 491 g/mol. The molecule has 0 aliphatic carbocycles. The minimum Gasteiger partial charge on any atom is -0.481 e. The van der Waals surface area contributed by atoms with Gasteiger partial charge in [-0.1, -0.05) is 0 Å². The quantitative estimate of drug-likeness (QED) is 0.0984. The Morgan fingerprint density at radius 1 is 0.618 bits per heavy atom. The number of amides is 4. The third-order valence-corrected chi connectivity index (χ3v) is 4.05. The number of primary amides is 1. The summed E-state index contributed by atoms with van der Waals surface area (Å²) < 4.78 is 0. The van der Waals surface area contributed by atoms with E-state index in [0.29, 0.717) is 0 Å². The maximum atomic E-state index is 12.6. The van der Waals surface area contributed by atoms with Gasteiger partial charge in [0, 0.05) is 6.42 Å². The van der Waals surface area contributed by atoms with Crippen LogP contribution in [-0.2, 0) is 38.4 Å². The number of nitrogens with one attached hydrogen (secondary N) is 3. The molecule has 34 heavy (non-hydrogen) atoms. The van der Waals surface area contributed by atoms with Crippen LogP contribution in [0.1, 0.15) is 32.1 Å². The Kier molecular flexibility index (Phi) is 12.2. The van der Waals surface area contributed by atoms with Gasteiger partial charge in [0.15, 0.2) is 0 Å². The number of hydrogen-bond donors (Lipinski definition) is 9. The first-order valence-corrected chi connectivity index (χ1v) is 9.47. The van der Waals surface area contributed by atoms with E-state index >= 15 is 0 Å². The van der Waals surface area contributed by atoms with Crippen molar-refractivity contribution in [3.05, 3.63) is 0 Å². The number of carboxylic acid groups (broad SMARTS) is 4. The van der Waals surface area contributed by atoms with Crippen molar-refractivity contribution in [2.75, 3.05) is 0 Å². The molecule has 0 aromatic rings. The Morgan fingerprint density at radius 2 is 1.03 bits per heavy atom. The molecule has 4 atom stereocenters. The highest BCUT2D eigenvalue weighted by atomic mass is 16.4. The number of carbonyl (C=O) groups is 8. The van der Waals surface area contributed by atoms with Crippen LogP contribution in [0.5, 0.6) is 0 Å². The van der Waals surface area contributed by atoms with Gasteiger partial charge in [0.2, 0.25) is 23.6 Å². The summed E-state index contributed by atoms with van der Waals surface area (Å²) in [5.74, 6) is -10.9. The van der Waals surface area contributed by atoms with Gasteiger partial charge < -0.3 is 47.8 Å². The molecule has 4 unspecified atom stereocenters. The van der Waals surface area contributed by atoms with Gasteiger partial charge in [-0.2, -0.15) is 0 Å². The van der Waals surface area contributed by atoms with Crippen LogP contribution in [0.3, 0.4) is 0 Å². The van der Waals surface area contributed by atoms with Gasteiger partial charge in [0.1, 0.15) is 18.1 Å². The summed E-state index contributed by atoms with van der Waals surface area (Å²) in [6.07, 6.45) is -3.81. The molecule has 0 bridgehead atoms. The first-order valence-electron chi connectivity index (χ1n) is 9.47. The number of hydrogen-bond acceptors (Lipinski definition) is 9. The SMILES string of the molecule is NC(=O)CCC(NC(=O)C(N)CC(=O)O)C(=O)NC(CC(=O)O)C(=O)NC(CC(=O)O)C(=O)O. The van der Waals surface area contributed by atoms with Crippen LogP contribution in [0.15, 0.2) is 0 Å². The molecule has 0 saturated carbocycles. The van der Waals surface area contributed by atoms with Crippen molar-refractivity contribution in [1.82, 2.24) is 16.0 Å². The molecule has 0 rings (SSSR count). The van der Waals surface area contributed by atoms with E-state index in [1.165, 1.54) is 0 Å². The van der Waals surface area contributed by atoms with Crippen LogP contribution in [0, 0.1) is 0 Å². The zero-order chi connectivity index (χ0) is 26.6. The lowest BCUT2D eigenvalue weighted by molar-refractivity contribution is -0.148. The normalized spacial score (nSPS) is 13.9. The fourth-order valence-electron chi connectivity index (χ4n) is 2.42. The maximum absolute atomic E-state index is 12.6. The molecule has 190 valence electrons. The highest BCUT2D eigenvalue weighted by Crippen LogP contribution is 2.04. The van der Waals surface area contributed by atoms with Crippen LogP contribution >= 0.6 is 0 Å². The molecule has 17 nitrogen and oxygen atoms in total. The molecule has 0 aromatic heterocycles. The van der Waals surface area contributed by atoms with Crippen molar-refractivity contribution < 1.29 is 58.8 Å². The summed E-state index contributed by atoms with van der Waals surface area (Å²) in [5.41, 5.74) is 10.4. The first kappa shape index (κ1) is 29.7. The van der Waals surface area contributed by atoms with Crippen molar-refractivity contribution in [2.24, 2.45) is 11.5 Å². The van der Waals surface area contributed by atoms with E-state index in [9.17, 15) is 38.4 Å². The topological polar surface area (TPSA) is 306 Å². The van der Waals surface area contributed by atoms with Crippen LogP contribution in [0.2, 0.25) is 0 Å². The van der Waals surface area contributed by atoms with Gasteiger partial charge >= 0.3 is 23.9 Å². The molecule has 0 fully saturated rings. The third kappa shape index (κ3) is 11.9. The minimum atomic E-state index is -1.95. The van der Waals surface area contributed by atoms with Crippen molar-refractivity contribution >= 4 is 47.5 Å². The second-order valence-corrected chi connectivity index (χ2v) is 6.93. The highest BCUT2D eigenvalue weighted by molar-refractivity contribution is 5.96. The molecule has 0 aliphatic rings. The van der Waals surface area contributed by atoms with E-state index in [4.69, 9.17) is 31.9 Å². The average Bonchev–Trinajstić information content (AvgIpc) is 2.68. The molecule has 11 N–H and O–H groups in total. The van der Waals surface area contributed by atoms with E-state index in [1.54, 1.807) is 5.32 Å². The Labute approximate surface area is 190 Å². The summed E-state index contributed by atoms with van der Waals surface area (Å²) in [7, 11) is 0. The second kappa shape index (κ2) is 14.0. The lowest BCUT2D eigenvalue weighted by Crippen LogP contribution is -2.57. The molecule has 4 amide bonds. The largest absolute Gasteiger partial charge is 0.481 e. The minimum absolute atomic E-state index is 0.440. The summed E-state index contributed by atoms with van der Waals surface area (Å²) in [6, 6.07) is -7.07. The Bertz CT molecular complexity index is 845. The predicted octanol–water partition coefficient (Wildman–Crippen LogP) is -4.46. The van der Waals surface area contributed by atoms with Crippen molar-refractivity contribution in [1.29, 1.82) is 0 Å². The van der Waals surface area contributed by atoms with Crippen LogP contribution in [0.25, 0.3) is 0 Å². The van der Waals surface area contributed by atoms with Crippen LogP contribution in [-0.4, -0.2) is 92.1 Å². The molecule has 0 aliphatic heterocycles. The lowest BCUT2D eigenvalue weighted by atomic mass is 10.1. The van der Waals surface area contributed by atoms with Gasteiger partial charge in [0.05, 0.1) is 25.3 Å². The number of rotatable bonds is 16. The lowest BCUT2D eigenvalue weighted by Gasteiger charge is -2.24. The number of carboxylic acids is 4. The van der Waals surface area contributed by atoms with Crippen molar-refractivity contribution in [3.8, 4) is 0 Å². The molecule has 0 aromatic carbocycles. The fraction of sp³-hybridized carbons (Fsp3) is 0.529. The highest BCUT2D eigenvalue weighted by Gasteiger charge is 2.32. The zero-order valence-corrected chi connectivity index (χ0v) is 17.6. The molecular weight excluding hydrogens is 466 g/mol. The molecule has 0 heterocycles. The maximum Gasteiger partial charge on any atom is 0.326 e. The van der Waals surface area contributed by atoms with Gasteiger partial charge in [-0.25, -0.2) is 4.79 Å². The van der Waals surface area contributed by atoms with Crippen LogP contribution in [0.4, 0.5) is 0 Å². The van der Waals surface area contributed by atoms with E-state index in [2.05, 4.69) is 5.32 Å². The van der Waals surface area contributed by atoms with E-state index in [0.717, 1.165) is 0 Å². The van der Waals surface area contributed by atoms with Gasteiger partial charge in [0.25, 0.3) is 0 Å². The molecular formula is C17H25N5O12. The summed E-state index contributed by atoms with van der Waals surface area (Å²) in [6.45, 7) is 0. The van der Waals surface area contributed by atoms with Gasteiger partial charge in [-0.05, 0) is 6.42 Å².